The Hall–Kier alpha value is -4.53. The van der Waals surface area contributed by atoms with Gasteiger partial charge in [0.05, 0.1) is 23.8 Å². The molecule has 0 aliphatic carbocycles. The Morgan fingerprint density at radius 2 is 1.69 bits per heavy atom. The number of nitrogens with one attached hydrogen (secondary N) is 1. The van der Waals surface area contributed by atoms with Crippen LogP contribution >= 0.6 is 0 Å². The molecule has 2 aromatic carbocycles. The predicted octanol–water partition coefficient (Wildman–Crippen LogP) is 3.58. The highest BCUT2D eigenvalue weighted by Crippen LogP contribution is 2.21. The lowest BCUT2D eigenvalue weighted by molar-refractivity contribution is 0.0591. The van der Waals surface area contributed by atoms with Crippen molar-refractivity contribution in [3.8, 4) is 0 Å². The molecule has 0 radical (unpaired) electrons. The number of aryl methyl sites for hydroxylation is 1. The van der Waals surface area contributed by atoms with Crippen LogP contribution in [0.3, 0.4) is 0 Å². The van der Waals surface area contributed by atoms with E-state index in [1.54, 1.807) is 24.3 Å². The summed E-state index contributed by atoms with van der Waals surface area (Å²) in [5, 5.41) is 2.85. The maximum atomic E-state index is 13.2. The number of rotatable bonds is 6. The van der Waals surface area contributed by atoms with Gasteiger partial charge < -0.3 is 10.1 Å². The van der Waals surface area contributed by atoms with Gasteiger partial charge in [0.25, 0.3) is 11.8 Å². The predicted molar refractivity (Wildman–Crippen MR) is 133 cm³/mol. The summed E-state index contributed by atoms with van der Waals surface area (Å²) in [6, 6.07) is 16.7. The van der Waals surface area contributed by atoms with Gasteiger partial charge in [-0.25, -0.2) is 14.6 Å². The second kappa shape index (κ2) is 10.8. The maximum absolute atomic E-state index is 13.2. The van der Waals surface area contributed by atoms with E-state index in [1.807, 2.05) is 31.2 Å². The number of anilines is 1. The van der Waals surface area contributed by atoms with Gasteiger partial charge in [0.15, 0.2) is 0 Å². The molecule has 4 amide bonds. The first kappa shape index (κ1) is 24.6. The molecular weight excluding hydrogens is 460 g/mol. The topological polar surface area (TPSA) is 109 Å². The zero-order valence-corrected chi connectivity index (χ0v) is 20.1. The van der Waals surface area contributed by atoms with Crippen LogP contribution in [-0.2, 0) is 11.3 Å². The average Bonchev–Trinajstić information content (AvgIpc) is 2.92. The molecule has 9 heteroatoms. The number of urea groups is 1. The summed E-state index contributed by atoms with van der Waals surface area (Å²) in [5.41, 5.74) is 2.67. The summed E-state index contributed by atoms with van der Waals surface area (Å²) < 4.78 is 4.76. The van der Waals surface area contributed by atoms with Crippen molar-refractivity contribution in [2.24, 2.45) is 0 Å². The molecule has 9 nitrogen and oxygen atoms in total. The van der Waals surface area contributed by atoms with Crippen molar-refractivity contribution in [3.05, 3.63) is 94.7 Å². The normalized spacial score (nSPS) is 13.3. The molecule has 1 aliphatic rings. The lowest BCUT2D eigenvalue weighted by atomic mass is 10.1. The quantitative estimate of drug-likeness (QED) is 0.534. The molecule has 0 atom stereocenters. The van der Waals surface area contributed by atoms with Gasteiger partial charge in [-0.1, -0.05) is 42.0 Å². The lowest BCUT2D eigenvalue weighted by Crippen LogP contribution is -2.52. The second-order valence-corrected chi connectivity index (χ2v) is 8.36. The fourth-order valence-electron chi connectivity index (χ4n) is 3.90. The third-order valence-electron chi connectivity index (χ3n) is 5.89. The van der Waals surface area contributed by atoms with Crippen molar-refractivity contribution < 1.29 is 23.9 Å². The minimum Gasteiger partial charge on any atom is -0.465 e. The number of nitrogens with zero attached hydrogens (tertiary/aromatic N) is 3. The van der Waals surface area contributed by atoms with E-state index in [9.17, 15) is 19.2 Å². The first-order valence-corrected chi connectivity index (χ1v) is 11.5. The lowest BCUT2D eigenvalue weighted by Gasteiger charge is -2.33. The van der Waals surface area contributed by atoms with E-state index >= 15 is 0 Å². The summed E-state index contributed by atoms with van der Waals surface area (Å²) in [7, 11) is 1.23. The van der Waals surface area contributed by atoms with Gasteiger partial charge in [0.2, 0.25) is 0 Å². The number of hydrogen-bond donors (Lipinski definition) is 1. The number of esters is 1. The summed E-state index contributed by atoms with van der Waals surface area (Å²) in [6.07, 6.45) is 1.93. The zero-order chi connectivity index (χ0) is 25.7. The van der Waals surface area contributed by atoms with Crippen molar-refractivity contribution >= 4 is 29.6 Å². The van der Waals surface area contributed by atoms with Crippen molar-refractivity contribution in [2.45, 2.75) is 19.9 Å². The number of aromatic nitrogens is 1. The van der Waals surface area contributed by atoms with Gasteiger partial charge in [-0.2, -0.15) is 0 Å². The Labute approximate surface area is 208 Å². The number of carbonyl (C=O) groups excluding carboxylic acids is 4. The molecule has 1 fully saturated rings. The van der Waals surface area contributed by atoms with Crippen LogP contribution in [0.1, 0.15) is 48.6 Å². The highest BCUT2D eigenvalue weighted by molar-refractivity contribution is 6.13. The highest BCUT2D eigenvalue weighted by atomic mass is 16.5. The fraction of sp³-hybridized carbons (Fsp3) is 0.222. The van der Waals surface area contributed by atoms with Crippen LogP contribution in [0.25, 0.3) is 0 Å². The van der Waals surface area contributed by atoms with Gasteiger partial charge in [-0.3, -0.25) is 19.4 Å². The molecule has 1 N–H and O–H groups in total. The van der Waals surface area contributed by atoms with Crippen molar-refractivity contribution in [3.63, 3.8) is 0 Å². The largest absolute Gasteiger partial charge is 0.465 e. The number of carbonyl (C=O) groups is 4. The van der Waals surface area contributed by atoms with E-state index in [4.69, 9.17) is 4.74 Å². The summed E-state index contributed by atoms with van der Waals surface area (Å²) in [4.78, 5) is 57.8. The van der Waals surface area contributed by atoms with Gasteiger partial charge in [-0.15, -0.1) is 0 Å². The standard InChI is InChI=1S/C27H26N4O5/c1-18-8-10-19(11-9-18)16-29-24(32)20-12-13-23(28-17-20)30-14-5-15-31(27(30)35)25(33)21-6-3-4-7-22(21)26(34)36-2/h3-4,6-13,17H,5,14-16H2,1-2H3,(H,29,32). The maximum Gasteiger partial charge on any atom is 0.338 e. The fourth-order valence-corrected chi connectivity index (χ4v) is 3.90. The molecule has 36 heavy (non-hydrogen) atoms. The van der Waals surface area contributed by atoms with Crippen molar-refractivity contribution in [1.29, 1.82) is 0 Å². The number of benzene rings is 2. The molecule has 1 aromatic heterocycles. The Bertz CT molecular complexity index is 1290. The van der Waals surface area contributed by atoms with E-state index in [1.165, 1.54) is 30.3 Å². The highest BCUT2D eigenvalue weighted by Gasteiger charge is 2.34. The molecule has 0 saturated carbocycles. The van der Waals surface area contributed by atoms with Gasteiger partial charge >= 0.3 is 12.0 Å². The number of methoxy groups -OCH3 is 1. The second-order valence-electron chi connectivity index (χ2n) is 8.36. The van der Waals surface area contributed by atoms with E-state index in [0.29, 0.717) is 30.9 Å². The first-order valence-electron chi connectivity index (χ1n) is 11.5. The molecule has 4 rings (SSSR count). The minimum absolute atomic E-state index is 0.0908. The van der Waals surface area contributed by atoms with Crippen LogP contribution < -0.4 is 10.2 Å². The number of ether oxygens (including phenoxy) is 1. The third-order valence-corrected chi connectivity index (χ3v) is 5.89. The number of amides is 4. The molecular formula is C27H26N4O5. The molecule has 0 bridgehead atoms. The number of pyridine rings is 1. The van der Waals surface area contributed by atoms with E-state index in [0.717, 1.165) is 16.0 Å². The van der Waals surface area contributed by atoms with E-state index in [-0.39, 0.29) is 23.6 Å². The van der Waals surface area contributed by atoms with Gasteiger partial charge in [-0.05, 0) is 43.2 Å². The van der Waals surface area contributed by atoms with Crippen LogP contribution in [0.5, 0.6) is 0 Å². The Morgan fingerprint density at radius 1 is 0.972 bits per heavy atom. The monoisotopic (exact) mass is 486 g/mol. The molecule has 184 valence electrons. The van der Waals surface area contributed by atoms with Crippen molar-refractivity contribution in [1.82, 2.24) is 15.2 Å². The van der Waals surface area contributed by atoms with E-state index < -0.39 is 17.9 Å². The van der Waals surface area contributed by atoms with Crippen LogP contribution in [-0.4, -0.2) is 53.9 Å². The number of hydrogen-bond acceptors (Lipinski definition) is 6. The van der Waals surface area contributed by atoms with Crippen LogP contribution in [0.4, 0.5) is 10.6 Å². The van der Waals surface area contributed by atoms with Gasteiger partial charge in [0, 0.05) is 25.8 Å². The van der Waals surface area contributed by atoms with Crippen LogP contribution in [0, 0.1) is 6.92 Å². The first-order chi connectivity index (χ1) is 17.4. The Balaban J connectivity index is 1.45. The molecule has 1 saturated heterocycles. The van der Waals surface area contributed by atoms with Crippen LogP contribution in [0.15, 0.2) is 66.9 Å². The molecule has 1 aliphatic heterocycles. The summed E-state index contributed by atoms with van der Waals surface area (Å²) >= 11 is 0. The minimum atomic E-state index is -0.654. The number of imide groups is 1. The zero-order valence-electron chi connectivity index (χ0n) is 20.1. The molecule has 0 spiro atoms. The van der Waals surface area contributed by atoms with Crippen molar-refractivity contribution in [2.75, 3.05) is 25.1 Å². The van der Waals surface area contributed by atoms with Gasteiger partial charge in [0.1, 0.15) is 5.82 Å². The summed E-state index contributed by atoms with van der Waals surface area (Å²) in [5.74, 6) is -1.19. The molecule has 3 aromatic rings. The average molecular weight is 487 g/mol. The Morgan fingerprint density at radius 3 is 2.36 bits per heavy atom. The molecule has 2 heterocycles. The van der Waals surface area contributed by atoms with E-state index in [2.05, 4.69) is 10.3 Å². The SMILES string of the molecule is COC(=O)c1ccccc1C(=O)N1CCCN(c2ccc(C(=O)NCc3ccc(C)cc3)cn2)C1=O. The third kappa shape index (κ3) is 5.25. The van der Waals surface area contributed by atoms with Crippen LogP contribution in [0.2, 0.25) is 0 Å². The smallest absolute Gasteiger partial charge is 0.338 e. The molecule has 0 unspecified atom stereocenters. The Kier molecular flexibility index (Phi) is 7.39. The summed E-state index contributed by atoms with van der Waals surface area (Å²) in [6.45, 7) is 2.96.